The summed E-state index contributed by atoms with van der Waals surface area (Å²) < 4.78 is 22.3. The van der Waals surface area contributed by atoms with E-state index in [1.807, 2.05) is 30.3 Å². The number of nitrogens with zero attached hydrogens (tertiary/aromatic N) is 3. The lowest BCUT2D eigenvalue weighted by Gasteiger charge is -2.19. The molecule has 1 aliphatic rings. The van der Waals surface area contributed by atoms with Gasteiger partial charge in [0.25, 0.3) is 0 Å². The summed E-state index contributed by atoms with van der Waals surface area (Å²) in [5.74, 6) is -0.637. The summed E-state index contributed by atoms with van der Waals surface area (Å²) in [5.41, 5.74) is 2.72. The highest BCUT2D eigenvalue weighted by Gasteiger charge is 2.31. The first-order valence-corrected chi connectivity index (χ1v) is 11.5. The predicted molar refractivity (Wildman–Crippen MR) is 122 cm³/mol. The fourth-order valence-corrected chi connectivity index (χ4v) is 4.21. The Labute approximate surface area is 186 Å². The van der Waals surface area contributed by atoms with Gasteiger partial charge in [0.05, 0.1) is 17.1 Å². The number of ketones is 1. The Hall–Kier alpha value is -3.68. The summed E-state index contributed by atoms with van der Waals surface area (Å²) in [5, 5.41) is 17.3. The average molecular weight is 454 g/mol. The summed E-state index contributed by atoms with van der Waals surface area (Å²) in [6.45, 7) is 0. The van der Waals surface area contributed by atoms with E-state index in [9.17, 15) is 23.3 Å². The SMILES string of the molecule is CN1C(=C(C#N)C(=O)CCC(=O)Nc2ccc(CS(N)(=O)=O)cc2)N(C)c2ccccc21. The number of fused-ring (bicyclic) bond motifs is 1. The third-order valence-corrected chi connectivity index (χ3v) is 5.77. The summed E-state index contributed by atoms with van der Waals surface area (Å²) in [6.07, 6.45) is -0.226. The number of nitrogens with two attached hydrogens (primary N) is 1. The van der Waals surface area contributed by atoms with Crippen molar-refractivity contribution in [3.63, 3.8) is 0 Å². The minimum absolute atomic E-state index is 0.00801. The third-order valence-electron chi connectivity index (χ3n) is 5.04. The van der Waals surface area contributed by atoms with Gasteiger partial charge in [-0.3, -0.25) is 9.59 Å². The molecule has 0 atom stereocenters. The molecule has 2 aromatic carbocycles. The number of anilines is 3. The zero-order chi connectivity index (χ0) is 23.5. The summed E-state index contributed by atoms with van der Waals surface area (Å²) in [4.78, 5) is 28.6. The van der Waals surface area contributed by atoms with E-state index < -0.39 is 21.7 Å². The van der Waals surface area contributed by atoms with Crippen molar-refractivity contribution < 1.29 is 18.0 Å². The van der Waals surface area contributed by atoms with Crippen molar-refractivity contribution in [3.05, 3.63) is 65.5 Å². The second-order valence-corrected chi connectivity index (χ2v) is 9.01. The molecule has 0 bridgehead atoms. The molecule has 10 heteroatoms. The number of hydrogen-bond donors (Lipinski definition) is 2. The molecule has 3 N–H and O–H groups in total. The number of rotatable bonds is 7. The molecule has 9 nitrogen and oxygen atoms in total. The van der Waals surface area contributed by atoms with Gasteiger partial charge in [-0.05, 0) is 29.8 Å². The number of carbonyl (C=O) groups excluding carboxylic acids is 2. The molecule has 0 fully saturated rings. The quantitative estimate of drug-likeness (QED) is 0.484. The van der Waals surface area contributed by atoms with Crippen molar-refractivity contribution in [1.82, 2.24) is 0 Å². The van der Waals surface area contributed by atoms with Gasteiger partial charge in [0.2, 0.25) is 15.9 Å². The van der Waals surface area contributed by atoms with Gasteiger partial charge in [-0.1, -0.05) is 24.3 Å². The Morgan fingerprint density at radius 3 is 2.06 bits per heavy atom. The first-order valence-electron chi connectivity index (χ1n) is 9.74. The summed E-state index contributed by atoms with van der Waals surface area (Å²) in [7, 11) is -0.0643. The molecule has 0 spiro atoms. The monoisotopic (exact) mass is 453 g/mol. The van der Waals surface area contributed by atoms with Gasteiger partial charge in [0, 0.05) is 32.6 Å². The van der Waals surface area contributed by atoms with Gasteiger partial charge < -0.3 is 15.1 Å². The zero-order valence-electron chi connectivity index (χ0n) is 17.7. The van der Waals surface area contributed by atoms with Crippen LogP contribution in [0.2, 0.25) is 0 Å². The van der Waals surface area contributed by atoms with Crippen molar-refractivity contribution >= 4 is 38.8 Å². The minimum atomic E-state index is -3.64. The molecule has 2 aromatic rings. The number of para-hydroxylation sites is 2. The molecule has 1 aliphatic heterocycles. The van der Waals surface area contributed by atoms with Crippen LogP contribution in [0.5, 0.6) is 0 Å². The van der Waals surface area contributed by atoms with E-state index >= 15 is 0 Å². The molecule has 3 rings (SSSR count). The number of hydrogen-bond acceptors (Lipinski definition) is 7. The van der Waals surface area contributed by atoms with E-state index in [4.69, 9.17) is 5.14 Å². The third kappa shape index (κ3) is 5.14. The molecule has 32 heavy (non-hydrogen) atoms. The van der Waals surface area contributed by atoms with Crippen molar-refractivity contribution in [2.45, 2.75) is 18.6 Å². The highest BCUT2D eigenvalue weighted by molar-refractivity contribution is 7.88. The molecule has 1 amide bonds. The number of carbonyl (C=O) groups is 2. The first-order chi connectivity index (χ1) is 15.1. The minimum Gasteiger partial charge on any atom is -0.328 e. The van der Waals surface area contributed by atoms with Crippen molar-refractivity contribution in [2.75, 3.05) is 29.2 Å². The standard InChI is InChI=1S/C22H23N5O4S/c1-26-18-5-3-4-6-19(18)27(2)22(26)17(13-23)20(28)11-12-21(29)25-16-9-7-15(8-10-16)14-32(24,30)31/h3-10H,11-12,14H2,1-2H3,(H,25,29)(H2,24,30,31). The number of allylic oxidation sites excluding steroid dienone is 1. The van der Waals surface area contributed by atoms with Crippen LogP contribution in [0.3, 0.4) is 0 Å². The van der Waals surface area contributed by atoms with Crippen LogP contribution in [0.4, 0.5) is 17.1 Å². The number of benzene rings is 2. The van der Waals surface area contributed by atoms with Crippen LogP contribution in [0, 0.1) is 11.3 Å². The molecule has 1 heterocycles. The number of amides is 1. The van der Waals surface area contributed by atoms with Gasteiger partial charge in [-0.15, -0.1) is 0 Å². The van der Waals surface area contributed by atoms with Crippen LogP contribution in [-0.4, -0.2) is 34.2 Å². The highest BCUT2D eigenvalue weighted by Crippen LogP contribution is 2.40. The fraction of sp³-hybridized carbons (Fsp3) is 0.227. The van der Waals surface area contributed by atoms with E-state index in [2.05, 4.69) is 5.32 Å². The van der Waals surface area contributed by atoms with Crippen molar-refractivity contribution in [1.29, 1.82) is 5.26 Å². The smallest absolute Gasteiger partial charge is 0.224 e. The Balaban J connectivity index is 1.64. The van der Waals surface area contributed by atoms with Gasteiger partial charge in [0.1, 0.15) is 17.5 Å². The van der Waals surface area contributed by atoms with E-state index in [-0.39, 0.29) is 24.2 Å². The van der Waals surface area contributed by atoms with Crippen molar-refractivity contribution in [3.8, 4) is 6.07 Å². The van der Waals surface area contributed by atoms with E-state index in [1.54, 1.807) is 48.2 Å². The second kappa shape index (κ2) is 9.21. The molecule has 0 radical (unpaired) electrons. The Bertz CT molecular complexity index is 1200. The van der Waals surface area contributed by atoms with Gasteiger partial charge in [0.15, 0.2) is 5.78 Å². The van der Waals surface area contributed by atoms with Crippen LogP contribution in [-0.2, 0) is 25.4 Å². The van der Waals surface area contributed by atoms with Crippen LogP contribution >= 0.6 is 0 Å². The van der Waals surface area contributed by atoms with Gasteiger partial charge in [-0.2, -0.15) is 5.26 Å². The van der Waals surface area contributed by atoms with E-state index in [0.717, 1.165) is 11.4 Å². The van der Waals surface area contributed by atoms with Crippen LogP contribution in [0.25, 0.3) is 0 Å². The highest BCUT2D eigenvalue weighted by atomic mass is 32.2. The number of sulfonamides is 1. The van der Waals surface area contributed by atoms with Gasteiger partial charge >= 0.3 is 0 Å². The van der Waals surface area contributed by atoms with Crippen molar-refractivity contribution in [2.24, 2.45) is 5.14 Å². The number of primary sulfonamides is 1. The van der Waals surface area contributed by atoms with E-state index in [1.165, 1.54) is 0 Å². The van der Waals surface area contributed by atoms with Crippen LogP contribution in [0.1, 0.15) is 18.4 Å². The summed E-state index contributed by atoms with van der Waals surface area (Å²) >= 11 is 0. The number of nitrogens with one attached hydrogen (secondary N) is 1. The first kappa shape index (κ1) is 23.0. The number of Topliss-reactive ketones (excluding diaryl/α,β-unsaturated/α-hetero) is 1. The predicted octanol–water partition coefficient (Wildman–Crippen LogP) is 2.08. The van der Waals surface area contributed by atoms with Gasteiger partial charge in [-0.25, -0.2) is 13.6 Å². The molecule has 0 saturated heterocycles. The molecule has 0 unspecified atom stereocenters. The lowest BCUT2D eigenvalue weighted by Crippen LogP contribution is -2.26. The Kier molecular flexibility index (Phi) is 6.62. The molecular formula is C22H23N5O4S. The normalized spacial score (nSPS) is 12.9. The molecule has 0 aromatic heterocycles. The Morgan fingerprint density at radius 1 is 1.00 bits per heavy atom. The maximum Gasteiger partial charge on any atom is 0.224 e. The summed E-state index contributed by atoms with van der Waals surface area (Å²) in [6, 6.07) is 15.8. The lowest BCUT2D eigenvalue weighted by atomic mass is 10.1. The molecular weight excluding hydrogens is 430 g/mol. The molecule has 0 saturated carbocycles. The largest absolute Gasteiger partial charge is 0.328 e. The van der Waals surface area contributed by atoms with E-state index in [0.29, 0.717) is 17.1 Å². The second-order valence-electron chi connectivity index (χ2n) is 7.39. The molecule has 166 valence electrons. The zero-order valence-corrected chi connectivity index (χ0v) is 18.5. The van der Waals surface area contributed by atoms with Crippen LogP contribution < -0.4 is 20.3 Å². The maximum absolute atomic E-state index is 12.8. The Morgan fingerprint density at radius 2 is 1.56 bits per heavy atom. The maximum atomic E-state index is 12.8. The number of nitriles is 1. The fourth-order valence-electron chi connectivity index (χ4n) is 3.55. The molecule has 0 aliphatic carbocycles. The van der Waals surface area contributed by atoms with Crippen LogP contribution in [0.15, 0.2) is 59.9 Å². The topological polar surface area (TPSA) is 137 Å². The lowest BCUT2D eigenvalue weighted by molar-refractivity contribution is -0.120. The average Bonchev–Trinajstić information content (AvgIpc) is 2.99.